The van der Waals surface area contributed by atoms with Gasteiger partial charge in [-0.1, -0.05) is 5.16 Å². The highest BCUT2D eigenvalue weighted by atomic mass is 32.1. The summed E-state index contributed by atoms with van der Waals surface area (Å²) in [5.74, 6) is 2.06. The third-order valence-corrected chi connectivity index (χ3v) is 5.68. The van der Waals surface area contributed by atoms with Gasteiger partial charge in [0.15, 0.2) is 16.6 Å². The number of hydrogen-bond acceptors (Lipinski definition) is 9. The van der Waals surface area contributed by atoms with Gasteiger partial charge >= 0.3 is 0 Å². The maximum atomic E-state index is 12.3. The molecule has 0 bridgehead atoms. The molecule has 0 radical (unpaired) electrons. The number of rotatable bonds is 8. The van der Waals surface area contributed by atoms with Gasteiger partial charge in [-0.25, -0.2) is 4.98 Å². The second-order valence-electron chi connectivity index (χ2n) is 6.18. The molecule has 8 nitrogen and oxygen atoms in total. The molecule has 1 N–H and O–H groups in total. The second kappa shape index (κ2) is 9.06. The van der Waals surface area contributed by atoms with Gasteiger partial charge in [-0.05, 0) is 29.6 Å². The second-order valence-corrected chi connectivity index (χ2v) is 7.82. The summed E-state index contributed by atoms with van der Waals surface area (Å²) in [6.45, 7) is 0. The highest BCUT2D eigenvalue weighted by molar-refractivity contribution is 7.14. The Morgan fingerprint density at radius 2 is 1.97 bits per heavy atom. The van der Waals surface area contributed by atoms with Crippen LogP contribution in [0.4, 0.5) is 5.13 Å². The van der Waals surface area contributed by atoms with Crippen molar-refractivity contribution >= 4 is 33.7 Å². The molecule has 0 aliphatic rings. The normalized spacial score (nSPS) is 10.7. The molecule has 3 aromatic heterocycles. The van der Waals surface area contributed by atoms with Crippen LogP contribution in [0.2, 0.25) is 0 Å². The lowest BCUT2D eigenvalue weighted by atomic mass is 10.1. The fraction of sp³-hybridized carbons (Fsp3) is 0.200. The fourth-order valence-corrected chi connectivity index (χ4v) is 4.10. The molecule has 0 atom stereocenters. The van der Waals surface area contributed by atoms with Crippen LogP contribution in [-0.2, 0) is 11.2 Å². The number of nitrogens with one attached hydrogen (secondary N) is 1. The lowest BCUT2D eigenvalue weighted by molar-refractivity contribution is -0.116. The van der Waals surface area contributed by atoms with E-state index >= 15 is 0 Å². The Balaban J connectivity index is 1.35. The number of ether oxygens (including phenoxy) is 2. The Kier molecular flexibility index (Phi) is 6.05. The molecule has 3 heterocycles. The van der Waals surface area contributed by atoms with Crippen molar-refractivity contribution < 1.29 is 18.8 Å². The zero-order chi connectivity index (χ0) is 20.9. The Morgan fingerprint density at radius 1 is 1.10 bits per heavy atom. The molecule has 0 spiro atoms. The van der Waals surface area contributed by atoms with E-state index in [0.717, 1.165) is 16.8 Å². The summed E-state index contributed by atoms with van der Waals surface area (Å²) in [5, 5.41) is 13.0. The molecule has 154 valence electrons. The van der Waals surface area contributed by atoms with Crippen LogP contribution >= 0.6 is 22.7 Å². The smallest absolute Gasteiger partial charge is 0.227 e. The maximum absolute atomic E-state index is 12.3. The Morgan fingerprint density at radius 3 is 2.73 bits per heavy atom. The molecule has 1 aromatic carbocycles. The number of aryl methyl sites for hydroxylation is 1. The van der Waals surface area contributed by atoms with Crippen LogP contribution in [0.5, 0.6) is 11.5 Å². The first-order valence-corrected chi connectivity index (χ1v) is 10.8. The Labute approximate surface area is 180 Å². The topological polar surface area (TPSA) is 99.4 Å². The molecule has 4 rings (SSSR count). The van der Waals surface area contributed by atoms with Crippen molar-refractivity contribution in [1.82, 2.24) is 15.1 Å². The van der Waals surface area contributed by atoms with E-state index in [2.05, 4.69) is 20.4 Å². The van der Waals surface area contributed by atoms with Crippen LogP contribution in [0.15, 0.2) is 44.9 Å². The van der Waals surface area contributed by atoms with E-state index < -0.39 is 0 Å². The first-order valence-electron chi connectivity index (χ1n) is 8.99. The Bertz CT molecular complexity index is 1140. The predicted octanol–water partition coefficient (Wildman–Crippen LogP) is 4.51. The quantitative estimate of drug-likeness (QED) is 0.428. The molecule has 4 aromatic rings. The van der Waals surface area contributed by atoms with E-state index in [0.29, 0.717) is 34.8 Å². The largest absolute Gasteiger partial charge is 0.493 e. The Hall–Kier alpha value is -3.24. The van der Waals surface area contributed by atoms with Gasteiger partial charge in [-0.15, -0.1) is 11.3 Å². The van der Waals surface area contributed by atoms with E-state index in [1.54, 1.807) is 25.6 Å². The minimum absolute atomic E-state index is 0.168. The van der Waals surface area contributed by atoms with Gasteiger partial charge < -0.3 is 19.3 Å². The predicted molar refractivity (Wildman–Crippen MR) is 115 cm³/mol. The van der Waals surface area contributed by atoms with E-state index in [-0.39, 0.29) is 12.3 Å². The van der Waals surface area contributed by atoms with E-state index in [4.69, 9.17) is 14.0 Å². The van der Waals surface area contributed by atoms with Gasteiger partial charge in [0.05, 0.1) is 19.9 Å². The molecule has 0 fully saturated rings. The first-order chi connectivity index (χ1) is 14.7. The minimum Gasteiger partial charge on any atom is -0.493 e. The zero-order valence-electron chi connectivity index (χ0n) is 16.2. The van der Waals surface area contributed by atoms with Crippen LogP contribution < -0.4 is 14.8 Å². The van der Waals surface area contributed by atoms with Crippen LogP contribution in [0, 0.1) is 0 Å². The first kappa shape index (κ1) is 20.0. The van der Waals surface area contributed by atoms with Gasteiger partial charge in [0, 0.05) is 34.7 Å². The summed E-state index contributed by atoms with van der Waals surface area (Å²) in [4.78, 5) is 21.1. The molecule has 10 heteroatoms. The van der Waals surface area contributed by atoms with E-state index in [1.807, 2.05) is 40.4 Å². The van der Waals surface area contributed by atoms with Crippen molar-refractivity contribution in [3.63, 3.8) is 0 Å². The number of hydrogen-bond donors (Lipinski definition) is 1. The molecule has 30 heavy (non-hydrogen) atoms. The van der Waals surface area contributed by atoms with Gasteiger partial charge in [0.25, 0.3) is 0 Å². The number of carbonyl (C=O) groups is 1. The number of benzene rings is 1. The monoisotopic (exact) mass is 442 g/mol. The number of anilines is 1. The molecule has 0 aliphatic heterocycles. The van der Waals surface area contributed by atoms with Gasteiger partial charge in [-0.2, -0.15) is 16.3 Å². The summed E-state index contributed by atoms with van der Waals surface area (Å²) in [6, 6.07) is 7.48. The highest BCUT2D eigenvalue weighted by Gasteiger charge is 2.13. The van der Waals surface area contributed by atoms with Crippen molar-refractivity contribution in [2.24, 2.45) is 0 Å². The van der Waals surface area contributed by atoms with Crippen LogP contribution in [0.3, 0.4) is 0 Å². The van der Waals surface area contributed by atoms with E-state index in [1.165, 1.54) is 11.3 Å². The molecular formula is C20H18N4O4S2. The maximum Gasteiger partial charge on any atom is 0.227 e. The summed E-state index contributed by atoms with van der Waals surface area (Å²) in [5.41, 5.74) is 2.52. The fourth-order valence-electron chi connectivity index (χ4n) is 2.73. The van der Waals surface area contributed by atoms with Crippen molar-refractivity contribution in [1.29, 1.82) is 0 Å². The highest BCUT2D eigenvalue weighted by Crippen LogP contribution is 2.33. The van der Waals surface area contributed by atoms with Crippen molar-refractivity contribution in [2.45, 2.75) is 12.8 Å². The molecule has 0 saturated heterocycles. The summed E-state index contributed by atoms with van der Waals surface area (Å²) in [6.07, 6.45) is 0.577. The number of thiophene rings is 1. The SMILES string of the molecule is COc1ccc(-c2csc(NC(=O)CCc3nc(-c4ccsc4)no3)n2)cc1OC. The third kappa shape index (κ3) is 4.50. The van der Waals surface area contributed by atoms with Crippen molar-refractivity contribution in [2.75, 3.05) is 19.5 Å². The van der Waals surface area contributed by atoms with Crippen LogP contribution in [0.1, 0.15) is 12.3 Å². The number of methoxy groups -OCH3 is 2. The molecule has 0 unspecified atom stereocenters. The minimum atomic E-state index is -0.168. The number of amides is 1. The number of nitrogens with zero attached hydrogens (tertiary/aromatic N) is 3. The molecule has 1 amide bonds. The van der Waals surface area contributed by atoms with Crippen LogP contribution in [0.25, 0.3) is 22.6 Å². The van der Waals surface area contributed by atoms with Crippen molar-refractivity contribution in [3.8, 4) is 34.1 Å². The molecule has 0 saturated carbocycles. The third-order valence-electron chi connectivity index (χ3n) is 4.24. The lowest BCUT2D eigenvalue weighted by Crippen LogP contribution is -2.12. The summed E-state index contributed by atoms with van der Waals surface area (Å²) in [7, 11) is 3.17. The number of carbonyl (C=O) groups excluding carboxylic acids is 1. The zero-order valence-corrected chi connectivity index (χ0v) is 17.9. The molecule has 0 aliphatic carbocycles. The van der Waals surface area contributed by atoms with Gasteiger partial charge in [0.1, 0.15) is 0 Å². The standard InChI is InChI=1S/C20H18N4O4S2/c1-26-15-4-3-12(9-16(15)27-2)14-11-30-20(21-14)22-17(25)5-6-18-23-19(24-28-18)13-7-8-29-10-13/h3-4,7-11H,5-6H2,1-2H3,(H,21,22,25). The molecular weight excluding hydrogens is 424 g/mol. The van der Waals surface area contributed by atoms with Crippen LogP contribution in [-0.4, -0.2) is 35.3 Å². The summed E-state index contributed by atoms with van der Waals surface area (Å²) < 4.78 is 15.8. The number of aromatic nitrogens is 3. The number of thiazole rings is 1. The lowest BCUT2D eigenvalue weighted by Gasteiger charge is -2.08. The average Bonchev–Trinajstić information content (AvgIpc) is 3.53. The van der Waals surface area contributed by atoms with Crippen molar-refractivity contribution in [3.05, 3.63) is 46.3 Å². The van der Waals surface area contributed by atoms with E-state index in [9.17, 15) is 4.79 Å². The van der Waals surface area contributed by atoms with Gasteiger partial charge in [-0.3, -0.25) is 4.79 Å². The summed E-state index contributed by atoms with van der Waals surface area (Å²) >= 11 is 2.92. The van der Waals surface area contributed by atoms with Gasteiger partial charge in [0.2, 0.25) is 17.6 Å². The average molecular weight is 443 g/mol.